The Morgan fingerprint density at radius 1 is 1.17 bits per heavy atom. The molecule has 2 saturated heterocycles. The van der Waals surface area contributed by atoms with E-state index in [9.17, 15) is 5.11 Å². The molecule has 2 fully saturated rings. The largest absolute Gasteiger partial charge is 0.388 e. The highest BCUT2D eigenvalue weighted by atomic mass is 16.5. The Kier molecular flexibility index (Phi) is 5.74. The average molecular weight is 405 g/mol. The Morgan fingerprint density at radius 3 is 2.72 bits per heavy atom. The van der Waals surface area contributed by atoms with Crippen LogP contribution >= 0.6 is 0 Å². The SMILES string of the molecule is CN(CCN1CCOC(C)(C)C1)c1ncnc2c1ncn2CC1(O)CCOCC1. The van der Waals surface area contributed by atoms with E-state index in [4.69, 9.17) is 9.47 Å². The summed E-state index contributed by atoms with van der Waals surface area (Å²) >= 11 is 0. The molecule has 0 radical (unpaired) electrons. The third-order valence-electron chi connectivity index (χ3n) is 5.89. The van der Waals surface area contributed by atoms with E-state index in [1.54, 1.807) is 12.7 Å². The van der Waals surface area contributed by atoms with Crippen LogP contribution in [-0.4, -0.2) is 93.8 Å². The van der Waals surface area contributed by atoms with Crippen LogP contribution in [0.1, 0.15) is 26.7 Å². The molecule has 160 valence electrons. The molecule has 9 heteroatoms. The predicted octanol–water partition coefficient (Wildman–Crippen LogP) is 0.915. The molecule has 0 saturated carbocycles. The van der Waals surface area contributed by atoms with Crippen LogP contribution in [0.3, 0.4) is 0 Å². The summed E-state index contributed by atoms with van der Waals surface area (Å²) in [5.74, 6) is 0.820. The normalized spacial score (nSPS) is 22.1. The summed E-state index contributed by atoms with van der Waals surface area (Å²) in [6.45, 7) is 10.3. The number of hydrogen-bond acceptors (Lipinski definition) is 8. The molecule has 0 spiro atoms. The van der Waals surface area contributed by atoms with Gasteiger partial charge in [0.1, 0.15) is 6.33 Å². The molecule has 2 aliphatic rings. The van der Waals surface area contributed by atoms with Crippen LogP contribution in [0.4, 0.5) is 5.82 Å². The summed E-state index contributed by atoms with van der Waals surface area (Å²) in [5, 5.41) is 10.9. The van der Waals surface area contributed by atoms with Gasteiger partial charge in [0.2, 0.25) is 0 Å². The van der Waals surface area contributed by atoms with Crippen LogP contribution in [-0.2, 0) is 16.0 Å². The number of anilines is 1. The number of ether oxygens (including phenoxy) is 2. The Balaban J connectivity index is 1.46. The van der Waals surface area contributed by atoms with Crippen molar-refractivity contribution in [1.82, 2.24) is 24.4 Å². The summed E-state index contributed by atoms with van der Waals surface area (Å²) in [5.41, 5.74) is 0.663. The first kappa shape index (κ1) is 20.5. The van der Waals surface area contributed by atoms with E-state index in [1.165, 1.54) is 0 Å². The van der Waals surface area contributed by atoms with E-state index in [0.717, 1.165) is 49.8 Å². The maximum Gasteiger partial charge on any atom is 0.165 e. The lowest BCUT2D eigenvalue weighted by molar-refractivity contribution is -0.0850. The third kappa shape index (κ3) is 4.69. The Morgan fingerprint density at radius 2 is 1.97 bits per heavy atom. The molecule has 2 aromatic rings. The number of likely N-dealkylation sites (N-methyl/N-ethyl adjacent to an activating group) is 1. The van der Waals surface area contributed by atoms with Gasteiger partial charge in [-0.15, -0.1) is 0 Å². The highest BCUT2D eigenvalue weighted by molar-refractivity contribution is 5.83. The minimum Gasteiger partial charge on any atom is -0.388 e. The van der Waals surface area contributed by atoms with Crippen LogP contribution in [0.5, 0.6) is 0 Å². The lowest BCUT2D eigenvalue weighted by Crippen LogP contribution is -2.50. The monoisotopic (exact) mass is 404 g/mol. The third-order valence-corrected chi connectivity index (χ3v) is 5.89. The van der Waals surface area contributed by atoms with Gasteiger partial charge in [-0.1, -0.05) is 0 Å². The Hall–Kier alpha value is -1.81. The van der Waals surface area contributed by atoms with Crippen LogP contribution in [0.15, 0.2) is 12.7 Å². The molecule has 0 aromatic carbocycles. The van der Waals surface area contributed by atoms with Gasteiger partial charge in [-0.25, -0.2) is 15.0 Å². The molecule has 0 aliphatic carbocycles. The number of morpholine rings is 1. The van der Waals surface area contributed by atoms with Crippen LogP contribution in [0, 0.1) is 0 Å². The molecule has 2 aliphatic heterocycles. The standard InChI is InChI=1S/C20H32N6O3/c1-19(2)12-25(8-11-29-19)7-6-24(3)17-16-18(22-14-21-17)26(15-23-16)13-20(27)4-9-28-10-5-20/h14-15,27H,4-13H2,1-3H3. The van der Waals surface area contributed by atoms with E-state index in [2.05, 4.69) is 38.6 Å². The fraction of sp³-hybridized carbons (Fsp3) is 0.750. The minimum atomic E-state index is -0.772. The Labute approximate surface area is 171 Å². The molecule has 0 atom stereocenters. The molecule has 0 bridgehead atoms. The second-order valence-corrected chi connectivity index (χ2v) is 8.88. The number of fused-ring (bicyclic) bond motifs is 1. The first-order valence-corrected chi connectivity index (χ1v) is 10.4. The number of aliphatic hydroxyl groups is 1. The predicted molar refractivity (Wildman–Crippen MR) is 110 cm³/mol. The van der Waals surface area contributed by atoms with Gasteiger partial charge in [0.15, 0.2) is 17.0 Å². The zero-order valence-electron chi connectivity index (χ0n) is 17.7. The lowest BCUT2D eigenvalue weighted by atomic mass is 9.94. The molecule has 2 aromatic heterocycles. The number of aromatic nitrogens is 4. The second-order valence-electron chi connectivity index (χ2n) is 8.88. The second kappa shape index (κ2) is 8.14. The van der Waals surface area contributed by atoms with E-state index < -0.39 is 5.60 Å². The summed E-state index contributed by atoms with van der Waals surface area (Å²) in [6.07, 6.45) is 4.59. The minimum absolute atomic E-state index is 0.0950. The van der Waals surface area contributed by atoms with Crippen molar-refractivity contribution in [3.8, 4) is 0 Å². The quantitative estimate of drug-likeness (QED) is 0.760. The summed E-state index contributed by atoms with van der Waals surface area (Å²) in [4.78, 5) is 18.1. The van der Waals surface area contributed by atoms with Crippen LogP contribution in [0.25, 0.3) is 11.2 Å². The number of nitrogens with zero attached hydrogens (tertiary/aromatic N) is 6. The van der Waals surface area contributed by atoms with E-state index >= 15 is 0 Å². The smallest absolute Gasteiger partial charge is 0.165 e. The molecule has 0 unspecified atom stereocenters. The van der Waals surface area contributed by atoms with Crippen molar-refractivity contribution >= 4 is 17.0 Å². The van der Waals surface area contributed by atoms with E-state index in [-0.39, 0.29) is 5.60 Å². The topological polar surface area (TPSA) is 88.8 Å². The molecule has 1 N–H and O–H groups in total. The van der Waals surface area contributed by atoms with Gasteiger partial charge in [0.05, 0.1) is 30.7 Å². The van der Waals surface area contributed by atoms with Gasteiger partial charge >= 0.3 is 0 Å². The molecule has 29 heavy (non-hydrogen) atoms. The summed E-state index contributed by atoms with van der Waals surface area (Å²) in [6, 6.07) is 0. The van der Waals surface area contributed by atoms with Gasteiger partial charge in [-0.3, -0.25) is 4.90 Å². The molecular weight excluding hydrogens is 372 g/mol. The zero-order chi connectivity index (χ0) is 20.5. The van der Waals surface area contributed by atoms with Gasteiger partial charge in [0.25, 0.3) is 0 Å². The first-order chi connectivity index (χ1) is 13.9. The van der Waals surface area contributed by atoms with E-state index in [0.29, 0.717) is 32.6 Å². The summed E-state index contributed by atoms with van der Waals surface area (Å²) < 4.78 is 13.1. The highest BCUT2D eigenvalue weighted by Crippen LogP contribution is 2.26. The van der Waals surface area contributed by atoms with Crippen molar-refractivity contribution in [2.45, 2.75) is 44.4 Å². The van der Waals surface area contributed by atoms with Gasteiger partial charge < -0.3 is 24.0 Å². The number of rotatable bonds is 6. The van der Waals surface area contributed by atoms with Gasteiger partial charge in [-0.05, 0) is 13.8 Å². The van der Waals surface area contributed by atoms with E-state index in [1.807, 2.05) is 11.6 Å². The fourth-order valence-electron chi connectivity index (χ4n) is 4.19. The van der Waals surface area contributed by atoms with Crippen molar-refractivity contribution in [2.75, 3.05) is 57.9 Å². The van der Waals surface area contributed by atoms with Gasteiger partial charge in [-0.2, -0.15) is 0 Å². The van der Waals surface area contributed by atoms with Crippen molar-refractivity contribution in [2.24, 2.45) is 0 Å². The fourth-order valence-corrected chi connectivity index (χ4v) is 4.19. The summed E-state index contributed by atoms with van der Waals surface area (Å²) in [7, 11) is 2.04. The molecule has 4 heterocycles. The van der Waals surface area contributed by atoms with Crippen molar-refractivity contribution in [1.29, 1.82) is 0 Å². The molecule has 9 nitrogen and oxygen atoms in total. The van der Waals surface area contributed by atoms with Crippen molar-refractivity contribution < 1.29 is 14.6 Å². The maximum atomic E-state index is 10.9. The molecule has 4 rings (SSSR count). The maximum absolute atomic E-state index is 10.9. The molecule has 0 amide bonds. The van der Waals surface area contributed by atoms with Gasteiger partial charge in [0, 0.05) is 59.3 Å². The van der Waals surface area contributed by atoms with Crippen molar-refractivity contribution in [3.05, 3.63) is 12.7 Å². The first-order valence-electron chi connectivity index (χ1n) is 10.4. The number of imidazole rings is 1. The zero-order valence-corrected chi connectivity index (χ0v) is 17.7. The van der Waals surface area contributed by atoms with Crippen LogP contribution < -0.4 is 4.90 Å². The molecular formula is C20H32N6O3. The highest BCUT2D eigenvalue weighted by Gasteiger charge is 2.31. The van der Waals surface area contributed by atoms with Crippen molar-refractivity contribution in [3.63, 3.8) is 0 Å². The Bertz CT molecular complexity index is 833. The average Bonchev–Trinajstić information content (AvgIpc) is 3.08. The lowest BCUT2D eigenvalue weighted by Gasteiger charge is -2.38. The van der Waals surface area contributed by atoms with Crippen LogP contribution in [0.2, 0.25) is 0 Å². The number of hydrogen-bond donors (Lipinski definition) is 1.